The minimum atomic E-state index is -3.27. The first-order chi connectivity index (χ1) is 11.2. The number of rotatable bonds is 9. The lowest BCUT2D eigenvalue weighted by molar-refractivity contribution is 0.213. The van der Waals surface area contributed by atoms with Gasteiger partial charge in [-0.25, -0.2) is 0 Å². The maximum absolute atomic E-state index is 13.2. The summed E-state index contributed by atoms with van der Waals surface area (Å²) in [6, 6.07) is 19.7. The van der Waals surface area contributed by atoms with Crippen molar-refractivity contribution in [2.75, 3.05) is 18.5 Å². The predicted molar refractivity (Wildman–Crippen MR) is 94.9 cm³/mol. The maximum atomic E-state index is 13.2. The molecular weight excluding hydrogens is 309 g/mol. The standard InChI is InChI=1S/C18H24NO3P/c1-3-21-23(20,22-4-2)18(15-16-11-7-5-8-12-16)19-17-13-9-6-10-14-17/h5-14,18-19H,3-4,15H2,1-2H3. The zero-order valence-corrected chi connectivity index (χ0v) is 14.5. The van der Waals surface area contributed by atoms with E-state index >= 15 is 0 Å². The lowest BCUT2D eigenvalue weighted by Crippen LogP contribution is -2.25. The third-order valence-corrected chi connectivity index (χ3v) is 5.69. The summed E-state index contributed by atoms with van der Waals surface area (Å²) in [5.74, 6) is -0.438. The van der Waals surface area contributed by atoms with Gasteiger partial charge in [0.25, 0.3) is 0 Å². The van der Waals surface area contributed by atoms with E-state index in [2.05, 4.69) is 5.32 Å². The summed E-state index contributed by atoms with van der Waals surface area (Å²) in [4.78, 5) is 0. The third kappa shape index (κ3) is 5.21. The van der Waals surface area contributed by atoms with Crippen molar-refractivity contribution < 1.29 is 13.6 Å². The zero-order chi connectivity index (χ0) is 16.5. The number of hydrogen-bond donors (Lipinski definition) is 1. The molecule has 2 rings (SSSR count). The minimum Gasteiger partial charge on any atom is -0.371 e. The molecule has 0 radical (unpaired) electrons. The van der Waals surface area contributed by atoms with Gasteiger partial charge in [-0.2, -0.15) is 0 Å². The van der Waals surface area contributed by atoms with Crippen molar-refractivity contribution in [3.8, 4) is 0 Å². The molecule has 0 spiro atoms. The largest absolute Gasteiger partial charge is 0.371 e. The fraction of sp³-hybridized carbons (Fsp3) is 0.333. The second kappa shape index (κ2) is 8.88. The Bertz CT molecular complexity index is 567. The van der Waals surface area contributed by atoms with Crippen molar-refractivity contribution in [2.45, 2.75) is 26.1 Å². The molecule has 0 aliphatic heterocycles. The summed E-state index contributed by atoms with van der Waals surface area (Å²) < 4.78 is 24.3. The molecule has 1 N–H and O–H groups in total. The molecule has 0 aliphatic carbocycles. The summed E-state index contributed by atoms with van der Waals surface area (Å²) in [5, 5.41) is 3.32. The first kappa shape index (κ1) is 17.7. The maximum Gasteiger partial charge on any atom is 0.352 e. The molecule has 2 aromatic carbocycles. The molecule has 124 valence electrons. The highest BCUT2D eigenvalue weighted by atomic mass is 31.2. The molecule has 1 atom stereocenters. The van der Waals surface area contributed by atoms with Crippen LogP contribution in [0.4, 0.5) is 5.69 Å². The van der Waals surface area contributed by atoms with E-state index in [1.54, 1.807) is 0 Å². The first-order valence-electron chi connectivity index (χ1n) is 7.92. The fourth-order valence-electron chi connectivity index (χ4n) is 2.38. The summed E-state index contributed by atoms with van der Waals surface area (Å²) >= 11 is 0. The molecule has 23 heavy (non-hydrogen) atoms. The van der Waals surface area contributed by atoms with Crippen molar-refractivity contribution in [2.24, 2.45) is 0 Å². The predicted octanol–water partition coefficient (Wildman–Crippen LogP) is 4.93. The van der Waals surface area contributed by atoms with E-state index in [4.69, 9.17) is 9.05 Å². The van der Waals surface area contributed by atoms with E-state index in [-0.39, 0.29) is 0 Å². The summed E-state index contributed by atoms with van der Waals surface area (Å²) in [5.41, 5.74) is 1.98. The average molecular weight is 333 g/mol. The van der Waals surface area contributed by atoms with Crippen LogP contribution < -0.4 is 5.32 Å². The van der Waals surface area contributed by atoms with Crippen LogP contribution in [0.2, 0.25) is 0 Å². The molecule has 0 saturated heterocycles. The minimum absolute atomic E-state index is 0.346. The average Bonchev–Trinajstić information content (AvgIpc) is 2.57. The fourth-order valence-corrected chi connectivity index (χ4v) is 4.28. The Labute approximate surface area is 138 Å². The lowest BCUT2D eigenvalue weighted by atomic mass is 10.1. The molecule has 0 amide bonds. The van der Waals surface area contributed by atoms with Crippen LogP contribution in [0.1, 0.15) is 19.4 Å². The van der Waals surface area contributed by atoms with Crippen molar-refractivity contribution in [1.29, 1.82) is 0 Å². The first-order valence-corrected chi connectivity index (χ1v) is 9.53. The van der Waals surface area contributed by atoms with Gasteiger partial charge in [0.2, 0.25) is 0 Å². The number of para-hydroxylation sites is 1. The van der Waals surface area contributed by atoms with Gasteiger partial charge in [0.1, 0.15) is 5.78 Å². The van der Waals surface area contributed by atoms with Gasteiger partial charge in [0.15, 0.2) is 0 Å². The number of benzene rings is 2. The molecule has 2 aromatic rings. The quantitative estimate of drug-likeness (QED) is 0.661. The van der Waals surface area contributed by atoms with E-state index in [9.17, 15) is 4.57 Å². The molecule has 0 aliphatic rings. The molecule has 0 heterocycles. The van der Waals surface area contributed by atoms with Crippen molar-refractivity contribution in [1.82, 2.24) is 0 Å². The second-order valence-corrected chi connectivity index (χ2v) is 7.31. The van der Waals surface area contributed by atoms with Crippen molar-refractivity contribution >= 4 is 13.3 Å². The van der Waals surface area contributed by atoms with Crippen LogP contribution in [0.5, 0.6) is 0 Å². The van der Waals surface area contributed by atoms with Crippen LogP contribution in [0, 0.1) is 0 Å². The van der Waals surface area contributed by atoms with Gasteiger partial charge >= 0.3 is 7.60 Å². The number of anilines is 1. The molecule has 0 aromatic heterocycles. The highest BCUT2D eigenvalue weighted by molar-refractivity contribution is 7.54. The van der Waals surface area contributed by atoms with Crippen LogP contribution in [0.25, 0.3) is 0 Å². The Morgan fingerprint density at radius 3 is 1.96 bits per heavy atom. The van der Waals surface area contributed by atoms with Crippen LogP contribution in [-0.2, 0) is 20.0 Å². The zero-order valence-electron chi connectivity index (χ0n) is 13.6. The Kier molecular flexibility index (Phi) is 6.85. The number of nitrogens with one attached hydrogen (secondary N) is 1. The van der Waals surface area contributed by atoms with Gasteiger partial charge in [0.05, 0.1) is 13.2 Å². The third-order valence-electron chi connectivity index (χ3n) is 3.38. The SMILES string of the molecule is CCOP(=O)(OCC)C(Cc1ccccc1)Nc1ccccc1. The van der Waals surface area contributed by atoms with Crippen LogP contribution in [0.15, 0.2) is 60.7 Å². The molecule has 5 heteroatoms. The topological polar surface area (TPSA) is 47.6 Å². The van der Waals surface area contributed by atoms with E-state index < -0.39 is 13.4 Å². The lowest BCUT2D eigenvalue weighted by Gasteiger charge is -2.28. The van der Waals surface area contributed by atoms with Crippen LogP contribution in [-0.4, -0.2) is 19.0 Å². The van der Waals surface area contributed by atoms with Gasteiger partial charge in [-0.3, -0.25) is 4.57 Å². The van der Waals surface area contributed by atoms with Crippen molar-refractivity contribution in [3.05, 3.63) is 66.2 Å². The van der Waals surface area contributed by atoms with E-state index in [1.807, 2.05) is 74.5 Å². The molecule has 4 nitrogen and oxygen atoms in total. The second-order valence-electron chi connectivity index (χ2n) is 5.09. The van der Waals surface area contributed by atoms with E-state index in [1.165, 1.54) is 0 Å². The number of hydrogen-bond acceptors (Lipinski definition) is 4. The van der Waals surface area contributed by atoms with E-state index in [0.717, 1.165) is 11.3 Å². The van der Waals surface area contributed by atoms with E-state index in [0.29, 0.717) is 19.6 Å². The highest BCUT2D eigenvalue weighted by Gasteiger charge is 2.35. The van der Waals surface area contributed by atoms with Gasteiger partial charge in [-0.05, 0) is 31.5 Å². The Morgan fingerprint density at radius 1 is 0.913 bits per heavy atom. The highest BCUT2D eigenvalue weighted by Crippen LogP contribution is 2.54. The van der Waals surface area contributed by atoms with Gasteiger partial charge in [-0.1, -0.05) is 48.5 Å². The Morgan fingerprint density at radius 2 is 1.43 bits per heavy atom. The molecule has 0 saturated carbocycles. The summed E-state index contributed by atoms with van der Waals surface area (Å²) in [6.45, 7) is 4.35. The smallest absolute Gasteiger partial charge is 0.352 e. The molecular formula is C18H24NO3P. The van der Waals surface area contributed by atoms with Gasteiger partial charge in [0, 0.05) is 12.1 Å². The summed E-state index contributed by atoms with van der Waals surface area (Å²) in [7, 11) is -3.27. The Hall–Kier alpha value is -1.61. The van der Waals surface area contributed by atoms with Crippen LogP contribution in [0.3, 0.4) is 0 Å². The molecule has 0 fully saturated rings. The van der Waals surface area contributed by atoms with Gasteiger partial charge < -0.3 is 14.4 Å². The monoisotopic (exact) mass is 333 g/mol. The van der Waals surface area contributed by atoms with Crippen LogP contribution >= 0.6 is 7.60 Å². The molecule has 0 bridgehead atoms. The Balaban J connectivity index is 2.27. The van der Waals surface area contributed by atoms with Gasteiger partial charge in [-0.15, -0.1) is 0 Å². The summed E-state index contributed by atoms with van der Waals surface area (Å²) in [6.07, 6.45) is 0.563. The molecule has 1 unspecified atom stereocenters. The van der Waals surface area contributed by atoms with Crippen molar-refractivity contribution in [3.63, 3.8) is 0 Å². The normalized spacial score (nSPS) is 12.8.